The minimum atomic E-state index is -3.90. The van der Waals surface area contributed by atoms with E-state index in [1.165, 1.54) is 36.7 Å². The number of aromatic hydroxyl groups is 1. The van der Waals surface area contributed by atoms with E-state index >= 15 is 0 Å². The van der Waals surface area contributed by atoms with Gasteiger partial charge in [0.05, 0.1) is 24.7 Å². The molecule has 1 saturated heterocycles. The van der Waals surface area contributed by atoms with Gasteiger partial charge in [-0.1, -0.05) is 18.2 Å². The molecule has 1 fully saturated rings. The number of amides is 1. The van der Waals surface area contributed by atoms with Crippen LogP contribution in [0.5, 0.6) is 11.5 Å². The van der Waals surface area contributed by atoms with Gasteiger partial charge >= 0.3 is 5.97 Å². The number of ether oxygens (including phenoxy) is 2. The number of esters is 1. The van der Waals surface area contributed by atoms with Gasteiger partial charge in [0.15, 0.2) is 11.5 Å². The Balaban J connectivity index is 1.61. The second-order valence-corrected chi connectivity index (χ2v) is 9.30. The summed E-state index contributed by atoms with van der Waals surface area (Å²) in [6.07, 6.45) is 0.731. The SMILES string of the molecule is COC(=O)c1ccccc1S(=O)(=O)N1CCC(C(=O)NCc2ccc(O)c(OC)c2)CC1. The second kappa shape index (κ2) is 10.0. The van der Waals surface area contributed by atoms with E-state index < -0.39 is 16.0 Å². The van der Waals surface area contributed by atoms with Crippen molar-refractivity contribution in [2.24, 2.45) is 5.92 Å². The topological polar surface area (TPSA) is 122 Å². The summed E-state index contributed by atoms with van der Waals surface area (Å²) in [6.45, 7) is 0.604. The maximum absolute atomic E-state index is 13.1. The number of carbonyl (C=O) groups excluding carboxylic acids is 2. The van der Waals surface area contributed by atoms with E-state index in [9.17, 15) is 23.1 Å². The fourth-order valence-electron chi connectivity index (χ4n) is 3.63. The van der Waals surface area contributed by atoms with E-state index in [4.69, 9.17) is 9.47 Å². The number of carbonyl (C=O) groups is 2. The Morgan fingerprint density at radius 3 is 2.47 bits per heavy atom. The number of phenolic OH excluding ortho intramolecular Hbond substituents is 1. The van der Waals surface area contributed by atoms with Gasteiger partial charge in [0.1, 0.15) is 0 Å². The van der Waals surface area contributed by atoms with Gasteiger partial charge in [-0.05, 0) is 42.7 Å². The van der Waals surface area contributed by atoms with Crippen LogP contribution in [-0.4, -0.2) is 57.0 Å². The van der Waals surface area contributed by atoms with E-state index in [1.54, 1.807) is 24.3 Å². The Kier molecular flexibility index (Phi) is 7.37. The highest BCUT2D eigenvalue weighted by Gasteiger charge is 2.34. The summed E-state index contributed by atoms with van der Waals surface area (Å²) in [7, 11) is -1.26. The standard InChI is InChI=1S/C22H26N2O7S/c1-30-19-13-15(7-8-18(19)25)14-23-21(26)16-9-11-24(12-10-16)32(28,29)20-6-4-3-5-17(20)22(27)31-2/h3-8,13,16,25H,9-12,14H2,1-2H3,(H,23,26). The molecule has 0 atom stereocenters. The highest BCUT2D eigenvalue weighted by molar-refractivity contribution is 7.89. The molecule has 1 amide bonds. The smallest absolute Gasteiger partial charge is 0.339 e. The van der Waals surface area contributed by atoms with Gasteiger partial charge in [0.2, 0.25) is 15.9 Å². The van der Waals surface area contributed by atoms with Gasteiger partial charge < -0.3 is 19.9 Å². The maximum atomic E-state index is 13.1. The molecule has 1 aliphatic heterocycles. The number of rotatable bonds is 7. The fraction of sp³-hybridized carbons (Fsp3) is 0.364. The van der Waals surface area contributed by atoms with Gasteiger partial charge in [-0.3, -0.25) is 4.79 Å². The minimum Gasteiger partial charge on any atom is -0.504 e. The minimum absolute atomic E-state index is 0.0146. The molecule has 0 aliphatic carbocycles. The molecule has 0 aromatic heterocycles. The normalized spacial score (nSPS) is 15.2. The highest BCUT2D eigenvalue weighted by atomic mass is 32.2. The van der Waals surface area contributed by atoms with Crippen LogP contribution in [-0.2, 0) is 26.1 Å². The molecule has 172 valence electrons. The van der Waals surface area contributed by atoms with E-state index in [0.29, 0.717) is 18.6 Å². The van der Waals surface area contributed by atoms with Crippen LogP contribution in [0.4, 0.5) is 0 Å². The van der Waals surface area contributed by atoms with E-state index in [1.807, 2.05) is 0 Å². The third-order valence-electron chi connectivity index (χ3n) is 5.45. The number of phenols is 1. The third-order valence-corrected chi connectivity index (χ3v) is 7.40. The molecule has 1 aliphatic rings. The zero-order valence-corrected chi connectivity index (χ0v) is 18.7. The van der Waals surface area contributed by atoms with Crippen molar-refractivity contribution in [3.05, 3.63) is 53.6 Å². The number of methoxy groups -OCH3 is 2. The zero-order valence-electron chi connectivity index (χ0n) is 17.9. The van der Waals surface area contributed by atoms with Gasteiger partial charge in [0.25, 0.3) is 0 Å². The lowest BCUT2D eigenvalue weighted by atomic mass is 9.97. The Morgan fingerprint density at radius 1 is 1.12 bits per heavy atom. The molecule has 9 nitrogen and oxygen atoms in total. The first-order valence-electron chi connectivity index (χ1n) is 10.1. The molecule has 0 bridgehead atoms. The largest absolute Gasteiger partial charge is 0.504 e. The van der Waals surface area contributed by atoms with Crippen LogP contribution in [0, 0.1) is 5.92 Å². The number of nitrogens with zero attached hydrogens (tertiary/aromatic N) is 1. The summed E-state index contributed by atoms with van der Waals surface area (Å²) in [4.78, 5) is 24.5. The molecule has 1 heterocycles. The third kappa shape index (κ3) is 5.03. The van der Waals surface area contributed by atoms with E-state index in [-0.39, 0.29) is 47.7 Å². The van der Waals surface area contributed by atoms with Crippen molar-refractivity contribution >= 4 is 21.9 Å². The summed E-state index contributed by atoms with van der Waals surface area (Å²) in [5, 5.41) is 12.5. The zero-order chi connectivity index (χ0) is 23.3. The van der Waals surface area contributed by atoms with Crippen molar-refractivity contribution in [3.8, 4) is 11.5 Å². The molecule has 0 radical (unpaired) electrons. The van der Waals surface area contributed by atoms with Crippen LogP contribution in [0.15, 0.2) is 47.4 Å². The maximum Gasteiger partial charge on any atom is 0.339 e. The van der Waals surface area contributed by atoms with Crippen molar-refractivity contribution in [2.75, 3.05) is 27.3 Å². The van der Waals surface area contributed by atoms with Gasteiger partial charge in [-0.25, -0.2) is 13.2 Å². The first-order chi connectivity index (χ1) is 15.3. The van der Waals surface area contributed by atoms with E-state index in [0.717, 1.165) is 5.56 Å². The molecule has 10 heteroatoms. The Bertz CT molecular complexity index is 1090. The number of hydrogen-bond acceptors (Lipinski definition) is 7. The monoisotopic (exact) mass is 462 g/mol. The summed E-state index contributed by atoms with van der Waals surface area (Å²) < 4.78 is 37.2. The molecule has 3 rings (SSSR count). The average molecular weight is 463 g/mol. The van der Waals surface area contributed by atoms with Crippen molar-refractivity contribution in [1.29, 1.82) is 0 Å². The first-order valence-corrected chi connectivity index (χ1v) is 11.5. The van der Waals surface area contributed by atoms with Crippen molar-refractivity contribution in [2.45, 2.75) is 24.3 Å². The van der Waals surface area contributed by atoms with Gasteiger partial charge in [-0.15, -0.1) is 0 Å². The fourth-order valence-corrected chi connectivity index (χ4v) is 5.28. The highest BCUT2D eigenvalue weighted by Crippen LogP contribution is 2.28. The molecule has 0 unspecified atom stereocenters. The van der Waals surface area contributed by atoms with Crippen LogP contribution < -0.4 is 10.1 Å². The van der Waals surface area contributed by atoms with E-state index in [2.05, 4.69) is 5.32 Å². The van der Waals surface area contributed by atoms with Crippen LogP contribution in [0.2, 0.25) is 0 Å². The van der Waals surface area contributed by atoms with Crippen LogP contribution >= 0.6 is 0 Å². The predicted octanol–water partition coefficient (Wildman–Crippen LogP) is 1.90. The molecule has 0 spiro atoms. The molecule has 2 aromatic carbocycles. The lowest BCUT2D eigenvalue weighted by molar-refractivity contribution is -0.126. The number of piperidine rings is 1. The summed E-state index contributed by atoms with van der Waals surface area (Å²) in [5.74, 6) is -0.864. The number of hydrogen-bond donors (Lipinski definition) is 2. The molecular formula is C22H26N2O7S. The summed E-state index contributed by atoms with van der Waals surface area (Å²) in [5.41, 5.74) is 0.756. The lowest BCUT2D eigenvalue weighted by Gasteiger charge is -2.31. The number of nitrogens with one attached hydrogen (secondary N) is 1. The molecule has 0 saturated carbocycles. The second-order valence-electron chi connectivity index (χ2n) is 7.39. The van der Waals surface area contributed by atoms with Crippen molar-refractivity contribution in [1.82, 2.24) is 9.62 Å². The number of benzene rings is 2. The quantitative estimate of drug-likeness (QED) is 0.603. The molecule has 2 N–H and O–H groups in total. The molecule has 32 heavy (non-hydrogen) atoms. The lowest BCUT2D eigenvalue weighted by Crippen LogP contribution is -2.43. The summed E-state index contributed by atoms with van der Waals surface area (Å²) in [6, 6.07) is 10.7. The molecule has 2 aromatic rings. The van der Waals surface area contributed by atoms with Crippen molar-refractivity contribution in [3.63, 3.8) is 0 Å². The molecular weight excluding hydrogens is 436 g/mol. The number of sulfonamides is 1. The van der Waals surface area contributed by atoms with Gasteiger partial charge in [-0.2, -0.15) is 4.31 Å². The van der Waals surface area contributed by atoms with Crippen LogP contribution in [0.1, 0.15) is 28.8 Å². The Hall–Kier alpha value is -3.11. The van der Waals surface area contributed by atoms with Gasteiger partial charge in [0, 0.05) is 25.6 Å². The Morgan fingerprint density at radius 2 is 1.81 bits per heavy atom. The van der Waals surface area contributed by atoms with Crippen molar-refractivity contribution < 1.29 is 32.6 Å². The Labute approximate surface area is 187 Å². The summed E-state index contributed by atoms with van der Waals surface area (Å²) >= 11 is 0. The van der Waals surface area contributed by atoms with Crippen LogP contribution in [0.3, 0.4) is 0 Å². The predicted molar refractivity (Wildman–Crippen MR) is 116 cm³/mol. The van der Waals surface area contributed by atoms with Crippen LogP contribution in [0.25, 0.3) is 0 Å². The average Bonchev–Trinajstić information content (AvgIpc) is 2.82. The first kappa shape index (κ1) is 23.6.